The maximum absolute atomic E-state index is 13.2. The summed E-state index contributed by atoms with van der Waals surface area (Å²) in [6.07, 6.45) is 0.967. The summed E-state index contributed by atoms with van der Waals surface area (Å²) >= 11 is 6.00. The molecule has 0 bridgehead atoms. The molecule has 2 atom stereocenters. The van der Waals surface area contributed by atoms with Gasteiger partial charge in [0.1, 0.15) is 5.82 Å². The first kappa shape index (κ1) is 12.3. The molecular weight excluding hydrogens is 245 g/mol. The smallest absolute Gasteiger partial charge is 0.220 e. The van der Waals surface area contributed by atoms with Gasteiger partial charge in [-0.1, -0.05) is 11.6 Å². The lowest BCUT2D eigenvalue weighted by Crippen LogP contribution is -2.40. The Labute approximate surface area is 104 Å². The van der Waals surface area contributed by atoms with E-state index in [0.29, 0.717) is 23.4 Å². The lowest BCUT2D eigenvalue weighted by atomic mass is 9.86. The second-order valence-electron chi connectivity index (χ2n) is 4.19. The van der Waals surface area contributed by atoms with Crippen LogP contribution in [0.3, 0.4) is 0 Å². The monoisotopic (exact) mass is 257 g/mol. The van der Waals surface area contributed by atoms with Crippen LogP contribution < -0.4 is 5.32 Å². The molecule has 1 fully saturated rings. The third-order valence-corrected chi connectivity index (χ3v) is 3.40. The molecule has 1 aromatic carbocycles. The van der Waals surface area contributed by atoms with Gasteiger partial charge in [-0.25, -0.2) is 4.39 Å². The number of aliphatic hydroxyl groups is 1. The number of rotatable bonds is 2. The van der Waals surface area contributed by atoms with E-state index < -0.39 is 11.9 Å². The second-order valence-corrected chi connectivity index (χ2v) is 4.60. The standard InChI is InChI=1S/C12H13ClFNO2/c13-10-3-2-8(14)5-9(10)12-7(6-16)1-4-11(17)15-12/h2-3,5,7,12,16H,1,4,6H2,(H,15,17). The Morgan fingerprint density at radius 1 is 1.53 bits per heavy atom. The third kappa shape index (κ3) is 2.58. The van der Waals surface area contributed by atoms with E-state index >= 15 is 0 Å². The Morgan fingerprint density at radius 3 is 3.00 bits per heavy atom. The summed E-state index contributed by atoms with van der Waals surface area (Å²) in [5.74, 6) is -0.618. The Kier molecular flexibility index (Phi) is 3.64. The van der Waals surface area contributed by atoms with Crippen LogP contribution in [0, 0.1) is 11.7 Å². The number of hydrogen-bond acceptors (Lipinski definition) is 2. The van der Waals surface area contributed by atoms with Gasteiger partial charge in [-0.3, -0.25) is 4.79 Å². The minimum absolute atomic E-state index is 0.0577. The summed E-state index contributed by atoms with van der Waals surface area (Å²) in [5.41, 5.74) is 0.527. The molecule has 0 radical (unpaired) electrons. The molecule has 1 aromatic rings. The summed E-state index contributed by atoms with van der Waals surface area (Å²) in [5, 5.41) is 12.4. The van der Waals surface area contributed by atoms with E-state index in [0.717, 1.165) is 0 Å². The van der Waals surface area contributed by atoms with Gasteiger partial charge in [-0.15, -0.1) is 0 Å². The molecule has 1 aliphatic heterocycles. The highest BCUT2D eigenvalue weighted by atomic mass is 35.5. The van der Waals surface area contributed by atoms with Crippen LogP contribution in [0.15, 0.2) is 18.2 Å². The fraction of sp³-hybridized carbons (Fsp3) is 0.417. The molecule has 3 nitrogen and oxygen atoms in total. The number of benzene rings is 1. The van der Waals surface area contributed by atoms with E-state index in [9.17, 15) is 14.3 Å². The quantitative estimate of drug-likeness (QED) is 0.852. The molecule has 1 aliphatic rings. The number of carbonyl (C=O) groups is 1. The molecule has 0 spiro atoms. The average molecular weight is 258 g/mol. The van der Waals surface area contributed by atoms with Crippen LogP contribution in [0.5, 0.6) is 0 Å². The van der Waals surface area contributed by atoms with Crippen molar-refractivity contribution in [3.05, 3.63) is 34.6 Å². The van der Waals surface area contributed by atoms with Crippen LogP contribution in [0.1, 0.15) is 24.4 Å². The molecule has 92 valence electrons. The molecular formula is C12H13ClFNO2. The third-order valence-electron chi connectivity index (χ3n) is 3.06. The number of halogens is 2. The molecule has 2 unspecified atom stereocenters. The Bertz CT molecular complexity index is 439. The topological polar surface area (TPSA) is 49.3 Å². The van der Waals surface area contributed by atoms with Gasteiger partial charge < -0.3 is 10.4 Å². The average Bonchev–Trinajstić information content (AvgIpc) is 2.32. The second kappa shape index (κ2) is 5.02. The first-order valence-electron chi connectivity index (χ1n) is 5.47. The summed E-state index contributed by atoms with van der Waals surface area (Å²) in [7, 11) is 0. The molecule has 17 heavy (non-hydrogen) atoms. The van der Waals surface area contributed by atoms with Crippen LogP contribution in [-0.4, -0.2) is 17.6 Å². The molecule has 1 saturated heterocycles. The number of hydrogen-bond donors (Lipinski definition) is 2. The highest BCUT2D eigenvalue weighted by Crippen LogP contribution is 2.33. The number of amides is 1. The minimum atomic E-state index is -0.413. The Balaban J connectivity index is 2.34. The summed E-state index contributed by atoms with van der Waals surface area (Å²) in [6, 6.07) is 3.62. The lowest BCUT2D eigenvalue weighted by Gasteiger charge is -2.31. The van der Waals surface area contributed by atoms with Crippen LogP contribution in [0.25, 0.3) is 0 Å². The fourth-order valence-corrected chi connectivity index (χ4v) is 2.36. The van der Waals surface area contributed by atoms with E-state index in [1.807, 2.05) is 0 Å². The molecule has 0 aromatic heterocycles. The summed E-state index contributed by atoms with van der Waals surface area (Å²) in [4.78, 5) is 11.4. The molecule has 1 amide bonds. The first-order chi connectivity index (χ1) is 8.11. The van der Waals surface area contributed by atoms with Gasteiger partial charge in [-0.05, 0) is 30.2 Å². The summed E-state index contributed by atoms with van der Waals surface area (Å²) < 4.78 is 13.2. The Hall–Kier alpha value is -1.13. The fourth-order valence-electron chi connectivity index (χ4n) is 2.13. The highest BCUT2D eigenvalue weighted by Gasteiger charge is 2.30. The van der Waals surface area contributed by atoms with Crippen molar-refractivity contribution in [1.29, 1.82) is 0 Å². The highest BCUT2D eigenvalue weighted by molar-refractivity contribution is 6.31. The van der Waals surface area contributed by atoms with Crippen LogP contribution in [0.2, 0.25) is 5.02 Å². The SMILES string of the molecule is O=C1CCC(CO)C(c2cc(F)ccc2Cl)N1. The number of piperidine rings is 1. The van der Waals surface area contributed by atoms with Crippen molar-refractivity contribution in [2.75, 3.05) is 6.61 Å². The molecule has 1 heterocycles. The van der Waals surface area contributed by atoms with Gasteiger partial charge in [0, 0.05) is 24.0 Å². The number of nitrogens with one attached hydrogen (secondary N) is 1. The van der Waals surface area contributed by atoms with Crippen molar-refractivity contribution < 1.29 is 14.3 Å². The zero-order chi connectivity index (χ0) is 12.4. The van der Waals surface area contributed by atoms with Gasteiger partial charge in [0.05, 0.1) is 6.04 Å². The van der Waals surface area contributed by atoms with Crippen molar-refractivity contribution in [3.8, 4) is 0 Å². The van der Waals surface area contributed by atoms with Crippen LogP contribution in [0.4, 0.5) is 4.39 Å². The van der Waals surface area contributed by atoms with Crippen LogP contribution >= 0.6 is 11.6 Å². The first-order valence-corrected chi connectivity index (χ1v) is 5.85. The van der Waals surface area contributed by atoms with Crippen LogP contribution in [-0.2, 0) is 4.79 Å². The van der Waals surface area contributed by atoms with E-state index in [4.69, 9.17) is 11.6 Å². The zero-order valence-corrected chi connectivity index (χ0v) is 9.88. The summed E-state index contributed by atoms with van der Waals surface area (Å²) in [6.45, 7) is -0.0577. The van der Waals surface area contributed by atoms with E-state index in [-0.39, 0.29) is 18.4 Å². The minimum Gasteiger partial charge on any atom is -0.396 e. The van der Waals surface area contributed by atoms with Gasteiger partial charge in [0.2, 0.25) is 5.91 Å². The van der Waals surface area contributed by atoms with Gasteiger partial charge in [-0.2, -0.15) is 0 Å². The largest absolute Gasteiger partial charge is 0.396 e. The van der Waals surface area contributed by atoms with Crippen molar-refractivity contribution in [2.24, 2.45) is 5.92 Å². The van der Waals surface area contributed by atoms with Gasteiger partial charge >= 0.3 is 0 Å². The number of aliphatic hydroxyl groups excluding tert-OH is 1. The van der Waals surface area contributed by atoms with Crippen molar-refractivity contribution in [2.45, 2.75) is 18.9 Å². The van der Waals surface area contributed by atoms with Crippen molar-refractivity contribution in [1.82, 2.24) is 5.32 Å². The Morgan fingerprint density at radius 2 is 2.29 bits per heavy atom. The van der Waals surface area contributed by atoms with Crippen molar-refractivity contribution in [3.63, 3.8) is 0 Å². The molecule has 2 rings (SSSR count). The van der Waals surface area contributed by atoms with E-state index in [1.54, 1.807) is 0 Å². The molecule has 5 heteroatoms. The predicted octanol–water partition coefficient (Wildman–Crippen LogP) is 2.04. The van der Waals surface area contributed by atoms with Gasteiger partial charge in [0.15, 0.2) is 0 Å². The van der Waals surface area contributed by atoms with E-state index in [1.165, 1.54) is 18.2 Å². The molecule has 0 aliphatic carbocycles. The van der Waals surface area contributed by atoms with E-state index in [2.05, 4.69) is 5.32 Å². The maximum atomic E-state index is 13.2. The zero-order valence-electron chi connectivity index (χ0n) is 9.12. The lowest BCUT2D eigenvalue weighted by molar-refractivity contribution is -0.124. The normalized spacial score (nSPS) is 24.5. The predicted molar refractivity (Wildman–Crippen MR) is 62.1 cm³/mol. The molecule has 2 N–H and O–H groups in total. The van der Waals surface area contributed by atoms with Gasteiger partial charge in [0.25, 0.3) is 0 Å². The number of carbonyl (C=O) groups excluding carboxylic acids is 1. The maximum Gasteiger partial charge on any atom is 0.220 e. The van der Waals surface area contributed by atoms with Crippen molar-refractivity contribution >= 4 is 17.5 Å². The molecule has 0 saturated carbocycles.